The number of halogens is 4. The standard InChI is InChI=1S/C13H15F2N3O4.2ClH/c14-13(15)12(17-3-1-16-2-4-17)8-5-10-11(22-7-21-10)6-9(8)18(19)20;;/h5-6,12-13,16H,1-4,7H2;2*1H/t12-;;/m0../s1. The van der Waals surface area contributed by atoms with Gasteiger partial charge in [-0.3, -0.25) is 15.0 Å². The Bertz CT molecular complexity index is 589. The Balaban J connectivity index is 0.00000144. The molecule has 1 saturated heterocycles. The van der Waals surface area contributed by atoms with Crippen LogP contribution in [0.1, 0.15) is 11.6 Å². The van der Waals surface area contributed by atoms with E-state index in [4.69, 9.17) is 9.47 Å². The van der Waals surface area contributed by atoms with Gasteiger partial charge in [0.2, 0.25) is 6.79 Å². The zero-order chi connectivity index (χ0) is 15.7. The Labute approximate surface area is 149 Å². The Morgan fingerprint density at radius 3 is 2.29 bits per heavy atom. The molecule has 0 aromatic heterocycles. The van der Waals surface area contributed by atoms with Gasteiger partial charge in [0.1, 0.15) is 6.04 Å². The van der Waals surface area contributed by atoms with E-state index in [9.17, 15) is 18.9 Å². The number of alkyl halides is 2. The van der Waals surface area contributed by atoms with E-state index in [2.05, 4.69) is 5.32 Å². The number of nitrogens with zero attached hydrogens (tertiary/aromatic N) is 2. The molecule has 7 nitrogen and oxygen atoms in total. The quantitative estimate of drug-likeness (QED) is 0.631. The first-order valence-electron chi connectivity index (χ1n) is 6.89. The lowest BCUT2D eigenvalue weighted by Crippen LogP contribution is -2.47. The van der Waals surface area contributed by atoms with Crippen molar-refractivity contribution in [2.45, 2.75) is 12.5 Å². The minimum Gasteiger partial charge on any atom is -0.454 e. The van der Waals surface area contributed by atoms with E-state index in [0.29, 0.717) is 26.2 Å². The van der Waals surface area contributed by atoms with Crippen LogP contribution in [0.2, 0.25) is 0 Å². The van der Waals surface area contributed by atoms with Gasteiger partial charge in [0.05, 0.1) is 16.6 Å². The molecule has 136 valence electrons. The van der Waals surface area contributed by atoms with E-state index in [0.717, 1.165) is 6.07 Å². The van der Waals surface area contributed by atoms with Gasteiger partial charge < -0.3 is 14.8 Å². The molecule has 0 radical (unpaired) electrons. The first-order valence-corrected chi connectivity index (χ1v) is 6.89. The summed E-state index contributed by atoms with van der Waals surface area (Å²) in [6.07, 6.45) is -2.74. The summed E-state index contributed by atoms with van der Waals surface area (Å²) in [6, 6.07) is 1.13. The van der Waals surface area contributed by atoms with E-state index >= 15 is 0 Å². The number of nitro benzene ring substituents is 1. The molecule has 2 aliphatic rings. The number of nitrogens with one attached hydrogen (secondary N) is 1. The van der Waals surface area contributed by atoms with Crippen LogP contribution in [0.25, 0.3) is 0 Å². The fraction of sp³-hybridized carbons (Fsp3) is 0.538. The molecule has 3 rings (SSSR count). The predicted molar refractivity (Wildman–Crippen MR) is 86.9 cm³/mol. The summed E-state index contributed by atoms with van der Waals surface area (Å²) < 4.78 is 37.5. The molecule has 0 aliphatic carbocycles. The minimum absolute atomic E-state index is 0. The van der Waals surface area contributed by atoms with Crippen LogP contribution >= 0.6 is 24.8 Å². The largest absolute Gasteiger partial charge is 0.454 e. The van der Waals surface area contributed by atoms with Crippen molar-refractivity contribution in [3.63, 3.8) is 0 Å². The fourth-order valence-electron chi connectivity index (χ4n) is 2.79. The van der Waals surface area contributed by atoms with Crippen LogP contribution in [0.4, 0.5) is 14.5 Å². The number of rotatable bonds is 4. The van der Waals surface area contributed by atoms with Gasteiger partial charge in [0.25, 0.3) is 12.1 Å². The van der Waals surface area contributed by atoms with Crippen molar-refractivity contribution in [2.24, 2.45) is 0 Å². The van der Waals surface area contributed by atoms with Crippen LogP contribution in [0.3, 0.4) is 0 Å². The SMILES string of the molecule is Cl.Cl.O=[N+]([O-])c1cc2c(cc1[C@@H](C(F)F)N1CCNCC1)OCO2. The van der Waals surface area contributed by atoms with Crippen LogP contribution in [0.15, 0.2) is 12.1 Å². The number of nitro groups is 1. The van der Waals surface area contributed by atoms with Gasteiger partial charge in [-0.2, -0.15) is 0 Å². The van der Waals surface area contributed by atoms with Crippen molar-refractivity contribution in [3.8, 4) is 11.5 Å². The number of hydrogen-bond acceptors (Lipinski definition) is 6. The van der Waals surface area contributed by atoms with Crippen LogP contribution in [-0.4, -0.2) is 49.2 Å². The minimum atomic E-state index is -2.74. The van der Waals surface area contributed by atoms with Gasteiger partial charge in [0, 0.05) is 26.2 Å². The van der Waals surface area contributed by atoms with Gasteiger partial charge >= 0.3 is 0 Å². The molecule has 24 heavy (non-hydrogen) atoms. The molecule has 2 heterocycles. The van der Waals surface area contributed by atoms with E-state index in [1.165, 1.54) is 6.07 Å². The highest BCUT2D eigenvalue weighted by Gasteiger charge is 2.37. The molecule has 0 unspecified atom stereocenters. The lowest BCUT2D eigenvalue weighted by molar-refractivity contribution is -0.386. The van der Waals surface area contributed by atoms with Crippen molar-refractivity contribution < 1.29 is 23.2 Å². The summed E-state index contributed by atoms with van der Waals surface area (Å²) in [4.78, 5) is 12.2. The van der Waals surface area contributed by atoms with Crippen molar-refractivity contribution in [1.29, 1.82) is 0 Å². The maximum Gasteiger partial charge on any atom is 0.278 e. The molecule has 1 aromatic rings. The van der Waals surface area contributed by atoms with E-state index in [1.54, 1.807) is 4.90 Å². The first-order chi connectivity index (χ1) is 10.6. The molecular weight excluding hydrogens is 371 g/mol. The monoisotopic (exact) mass is 387 g/mol. The second-order valence-electron chi connectivity index (χ2n) is 5.09. The van der Waals surface area contributed by atoms with E-state index in [1.807, 2.05) is 0 Å². The summed E-state index contributed by atoms with van der Waals surface area (Å²) in [5.74, 6) is 0.477. The van der Waals surface area contributed by atoms with Gasteiger partial charge in [-0.15, -0.1) is 24.8 Å². The first kappa shape index (κ1) is 20.6. The normalized spacial score (nSPS) is 17.8. The van der Waals surface area contributed by atoms with E-state index < -0.39 is 17.4 Å². The second kappa shape index (κ2) is 8.61. The average Bonchev–Trinajstić information content (AvgIpc) is 2.94. The van der Waals surface area contributed by atoms with Crippen molar-refractivity contribution in [2.75, 3.05) is 33.0 Å². The highest BCUT2D eigenvalue weighted by molar-refractivity contribution is 5.85. The Kier molecular flexibility index (Phi) is 7.40. The van der Waals surface area contributed by atoms with Gasteiger partial charge in [-0.05, 0) is 6.07 Å². The van der Waals surface area contributed by atoms with E-state index in [-0.39, 0.29) is 54.4 Å². The molecule has 1 N–H and O–H groups in total. The number of hydrogen-bond donors (Lipinski definition) is 1. The molecule has 0 amide bonds. The highest BCUT2D eigenvalue weighted by Crippen LogP contribution is 2.43. The lowest BCUT2D eigenvalue weighted by Gasteiger charge is -2.34. The lowest BCUT2D eigenvalue weighted by atomic mass is 10.0. The predicted octanol–water partition coefficient (Wildman–Crippen LogP) is 2.38. The van der Waals surface area contributed by atoms with Gasteiger partial charge in [-0.25, -0.2) is 8.78 Å². The average molecular weight is 388 g/mol. The topological polar surface area (TPSA) is 76.9 Å². The molecule has 0 saturated carbocycles. The zero-order valence-electron chi connectivity index (χ0n) is 12.4. The maximum absolute atomic E-state index is 13.6. The third-order valence-corrected chi connectivity index (χ3v) is 3.82. The Morgan fingerprint density at radius 1 is 1.17 bits per heavy atom. The summed E-state index contributed by atoms with van der Waals surface area (Å²) >= 11 is 0. The number of fused-ring (bicyclic) bond motifs is 1. The van der Waals surface area contributed by atoms with Gasteiger partial charge in [0.15, 0.2) is 11.5 Å². The number of piperazine rings is 1. The van der Waals surface area contributed by atoms with Crippen LogP contribution in [-0.2, 0) is 0 Å². The van der Waals surface area contributed by atoms with Crippen molar-refractivity contribution >= 4 is 30.5 Å². The van der Waals surface area contributed by atoms with Crippen molar-refractivity contribution in [3.05, 3.63) is 27.8 Å². The fourth-order valence-corrected chi connectivity index (χ4v) is 2.79. The Morgan fingerprint density at radius 2 is 1.75 bits per heavy atom. The van der Waals surface area contributed by atoms with Crippen molar-refractivity contribution in [1.82, 2.24) is 10.2 Å². The molecule has 11 heteroatoms. The third kappa shape index (κ3) is 3.97. The second-order valence-corrected chi connectivity index (χ2v) is 5.09. The van der Waals surface area contributed by atoms with Crippen LogP contribution < -0.4 is 14.8 Å². The third-order valence-electron chi connectivity index (χ3n) is 3.82. The van der Waals surface area contributed by atoms with Gasteiger partial charge in [-0.1, -0.05) is 0 Å². The summed E-state index contributed by atoms with van der Waals surface area (Å²) in [7, 11) is 0. The number of ether oxygens (including phenoxy) is 2. The molecule has 2 aliphatic heterocycles. The zero-order valence-corrected chi connectivity index (χ0v) is 14.1. The molecular formula is C13H17Cl2F2N3O4. The number of benzene rings is 1. The summed E-state index contributed by atoms with van der Waals surface area (Å²) in [6.45, 7) is 1.88. The maximum atomic E-state index is 13.6. The summed E-state index contributed by atoms with van der Waals surface area (Å²) in [5, 5.41) is 14.3. The van der Waals surface area contributed by atoms with Crippen LogP contribution in [0.5, 0.6) is 11.5 Å². The highest BCUT2D eigenvalue weighted by atomic mass is 35.5. The Hall–Kier alpha value is -1.42. The molecule has 1 aromatic carbocycles. The van der Waals surface area contributed by atoms with Crippen LogP contribution in [0, 0.1) is 10.1 Å². The molecule has 1 atom stereocenters. The molecule has 0 bridgehead atoms. The molecule has 0 spiro atoms. The summed E-state index contributed by atoms with van der Waals surface area (Å²) in [5.41, 5.74) is -0.403. The smallest absolute Gasteiger partial charge is 0.278 e. The molecule has 1 fully saturated rings.